The molecule has 1 saturated heterocycles. The lowest BCUT2D eigenvalue weighted by Crippen LogP contribution is -2.29. The lowest BCUT2D eigenvalue weighted by atomic mass is 10.2. The van der Waals surface area contributed by atoms with Gasteiger partial charge in [-0.3, -0.25) is 14.2 Å². The summed E-state index contributed by atoms with van der Waals surface area (Å²) in [6, 6.07) is 14.5. The molecular formula is C23H25N3O4S. The van der Waals surface area contributed by atoms with Crippen molar-refractivity contribution in [3.8, 4) is 5.75 Å². The van der Waals surface area contributed by atoms with Crippen LogP contribution in [0.5, 0.6) is 5.75 Å². The Morgan fingerprint density at radius 3 is 2.81 bits per heavy atom. The number of nitrogens with one attached hydrogen (secondary N) is 1. The summed E-state index contributed by atoms with van der Waals surface area (Å²) < 4.78 is 12.8. The van der Waals surface area contributed by atoms with Crippen molar-refractivity contribution < 1.29 is 14.3 Å². The van der Waals surface area contributed by atoms with Gasteiger partial charge in [0.25, 0.3) is 5.56 Å². The number of nitrogens with zero attached hydrogens (tertiary/aromatic N) is 2. The van der Waals surface area contributed by atoms with Gasteiger partial charge in [-0.05, 0) is 56.2 Å². The minimum atomic E-state index is -0.166. The fourth-order valence-electron chi connectivity index (χ4n) is 3.54. The molecule has 4 rings (SSSR count). The van der Waals surface area contributed by atoms with Crippen molar-refractivity contribution in [3.63, 3.8) is 0 Å². The molecule has 3 aromatic rings. The third-order valence-corrected chi connectivity index (χ3v) is 5.99. The van der Waals surface area contributed by atoms with Crippen molar-refractivity contribution >= 4 is 34.3 Å². The number of rotatable bonds is 8. The van der Waals surface area contributed by atoms with Crippen LogP contribution in [0.15, 0.2) is 58.5 Å². The summed E-state index contributed by atoms with van der Waals surface area (Å²) in [4.78, 5) is 30.3. The molecular weight excluding hydrogens is 414 g/mol. The maximum atomic E-state index is 13.1. The molecule has 162 valence electrons. The molecule has 8 heteroatoms. The first-order valence-corrected chi connectivity index (χ1v) is 11.4. The molecule has 7 nitrogen and oxygen atoms in total. The number of amides is 1. The van der Waals surface area contributed by atoms with E-state index in [-0.39, 0.29) is 23.3 Å². The molecule has 0 aliphatic carbocycles. The predicted molar refractivity (Wildman–Crippen MR) is 122 cm³/mol. The third kappa shape index (κ3) is 5.26. The lowest BCUT2D eigenvalue weighted by Gasteiger charge is -2.16. The smallest absolute Gasteiger partial charge is 0.262 e. The topological polar surface area (TPSA) is 82.5 Å². The molecule has 0 radical (unpaired) electrons. The predicted octanol–water partition coefficient (Wildman–Crippen LogP) is 3.71. The maximum Gasteiger partial charge on any atom is 0.262 e. The number of carbonyl (C=O) groups excluding carboxylic acids is 1. The summed E-state index contributed by atoms with van der Waals surface area (Å²) in [5.74, 6) is 0.734. The Bertz CT molecular complexity index is 1110. The molecule has 1 unspecified atom stereocenters. The second-order valence-corrected chi connectivity index (χ2v) is 8.20. The molecule has 2 heterocycles. The first kappa shape index (κ1) is 21.4. The number of aromatic nitrogens is 2. The first-order valence-electron chi connectivity index (χ1n) is 10.4. The Balaban J connectivity index is 1.49. The van der Waals surface area contributed by atoms with Crippen molar-refractivity contribution in [1.82, 2.24) is 9.55 Å². The molecule has 1 N–H and O–H groups in total. The summed E-state index contributed by atoms with van der Waals surface area (Å²) in [6.07, 6.45) is 1.91. The van der Waals surface area contributed by atoms with Gasteiger partial charge >= 0.3 is 0 Å². The van der Waals surface area contributed by atoms with Crippen molar-refractivity contribution in [2.24, 2.45) is 0 Å². The quantitative estimate of drug-likeness (QED) is 0.426. The number of benzene rings is 2. The van der Waals surface area contributed by atoms with Crippen LogP contribution in [0.25, 0.3) is 10.9 Å². The van der Waals surface area contributed by atoms with Gasteiger partial charge < -0.3 is 14.8 Å². The summed E-state index contributed by atoms with van der Waals surface area (Å²) in [7, 11) is 0. The van der Waals surface area contributed by atoms with E-state index in [2.05, 4.69) is 10.3 Å². The summed E-state index contributed by atoms with van der Waals surface area (Å²) in [5.41, 5.74) is 1.22. The van der Waals surface area contributed by atoms with Crippen molar-refractivity contribution in [2.45, 2.75) is 37.6 Å². The summed E-state index contributed by atoms with van der Waals surface area (Å²) in [5, 5.41) is 3.97. The molecule has 1 aliphatic rings. The van der Waals surface area contributed by atoms with E-state index in [1.54, 1.807) is 22.8 Å². The molecule has 31 heavy (non-hydrogen) atoms. The highest BCUT2D eigenvalue weighted by Crippen LogP contribution is 2.22. The number of thioether (sulfide) groups is 1. The molecule has 1 fully saturated rings. The highest BCUT2D eigenvalue weighted by Gasteiger charge is 2.20. The van der Waals surface area contributed by atoms with Crippen LogP contribution in [0.2, 0.25) is 0 Å². The normalized spacial score (nSPS) is 15.8. The second kappa shape index (κ2) is 9.98. The number of fused-ring (bicyclic) bond motifs is 1. The Morgan fingerprint density at radius 2 is 2.06 bits per heavy atom. The highest BCUT2D eigenvalue weighted by molar-refractivity contribution is 7.99. The molecule has 1 atom stereocenters. The van der Waals surface area contributed by atoms with Crippen LogP contribution < -0.4 is 15.6 Å². The summed E-state index contributed by atoms with van der Waals surface area (Å²) in [6.45, 7) is 3.67. The van der Waals surface area contributed by atoms with Crippen molar-refractivity contribution in [2.75, 3.05) is 24.3 Å². The SMILES string of the molecule is CCOc1ccc(NC(=O)CSc2nc3ccccc3c(=O)n2CC2CCCO2)cc1. The molecule has 1 aliphatic heterocycles. The number of hydrogen-bond donors (Lipinski definition) is 1. The van der Waals surface area contributed by atoms with E-state index in [1.165, 1.54) is 11.8 Å². The number of ether oxygens (including phenoxy) is 2. The standard InChI is InChI=1S/C23H25N3O4S/c1-2-29-17-11-9-16(10-12-17)24-21(27)15-31-23-25-20-8-4-3-7-19(20)22(28)26(23)14-18-6-5-13-30-18/h3-4,7-12,18H,2,5-6,13-15H2,1H3,(H,24,27). The van der Waals surface area contributed by atoms with Crippen LogP contribution in [-0.4, -0.2) is 40.5 Å². The van der Waals surface area contributed by atoms with E-state index >= 15 is 0 Å². The van der Waals surface area contributed by atoms with Crippen LogP contribution in [0.3, 0.4) is 0 Å². The fraction of sp³-hybridized carbons (Fsp3) is 0.348. The van der Waals surface area contributed by atoms with Gasteiger partial charge in [0.1, 0.15) is 5.75 Å². The third-order valence-electron chi connectivity index (χ3n) is 5.02. The average molecular weight is 440 g/mol. The molecule has 1 aromatic heterocycles. The van der Waals surface area contributed by atoms with Crippen LogP contribution in [0.4, 0.5) is 5.69 Å². The van der Waals surface area contributed by atoms with Gasteiger partial charge in [-0.2, -0.15) is 0 Å². The number of anilines is 1. The van der Waals surface area contributed by atoms with Crippen molar-refractivity contribution in [3.05, 3.63) is 58.9 Å². The average Bonchev–Trinajstić information content (AvgIpc) is 3.29. The van der Waals surface area contributed by atoms with Gasteiger partial charge in [-0.15, -0.1) is 0 Å². The largest absolute Gasteiger partial charge is 0.494 e. The number of para-hydroxylation sites is 1. The van der Waals surface area contributed by atoms with Crippen LogP contribution >= 0.6 is 11.8 Å². The number of carbonyl (C=O) groups is 1. The Hall–Kier alpha value is -2.84. The van der Waals surface area contributed by atoms with Crippen LogP contribution in [0.1, 0.15) is 19.8 Å². The van der Waals surface area contributed by atoms with Gasteiger partial charge in [0.05, 0.1) is 35.9 Å². The molecule has 1 amide bonds. The van der Waals surface area contributed by atoms with Gasteiger partial charge in [-0.25, -0.2) is 4.98 Å². The van der Waals surface area contributed by atoms with E-state index in [0.29, 0.717) is 41.5 Å². The minimum Gasteiger partial charge on any atom is -0.494 e. The molecule has 0 spiro atoms. The zero-order chi connectivity index (χ0) is 21.6. The maximum absolute atomic E-state index is 13.1. The van der Waals surface area contributed by atoms with E-state index in [1.807, 2.05) is 37.3 Å². The zero-order valence-electron chi connectivity index (χ0n) is 17.4. The van der Waals surface area contributed by atoms with Gasteiger partial charge in [0.2, 0.25) is 5.91 Å². The minimum absolute atomic E-state index is 0.00214. The highest BCUT2D eigenvalue weighted by atomic mass is 32.2. The van der Waals surface area contributed by atoms with Gasteiger partial charge in [0, 0.05) is 12.3 Å². The Morgan fingerprint density at radius 1 is 1.26 bits per heavy atom. The molecule has 0 saturated carbocycles. The van der Waals surface area contributed by atoms with E-state index < -0.39 is 0 Å². The van der Waals surface area contributed by atoms with E-state index in [0.717, 1.165) is 18.6 Å². The molecule has 0 bridgehead atoms. The first-order chi connectivity index (χ1) is 15.1. The monoisotopic (exact) mass is 439 g/mol. The fourth-order valence-corrected chi connectivity index (χ4v) is 4.35. The Kier molecular flexibility index (Phi) is 6.89. The van der Waals surface area contributed by atoms with Crippen LogP contribution in [-0.2, 0) is 16.1 Å². The Labute approximate surface area is 184 Å². The zero-order valence-corrected chi connectivity index (χ0v) is 18.2. The summed E-state index contributed by atoms with van der Waals surface area (Å²) >= 11 is 1.26. The lowest BCUT2D eigenvalue weighted by molar-refractivity contribution is -0.113. The second-order valence-electron chi connectivity index (χ2n) is 7.26. The van der Waals surface area contributed by atoms with Gasteiger partial charge in [-0.1, -0.05) is 23.9 Å². The van der Waals surface area contributed by atoms with Crippen LogP contribution in [0, 0.1) is 0 Å². The molecule has 2 aromatic carbocycles. The van der Waals surface area contributed by atoms with E-state index in [4.69, 9.17) is 9.47 Å². The number of hydrogen-bond acceptors (Lipinski definition) is 6. The van der Waals surface area contributed by atoms with Gasteiger partial charge in [0.15, 0.2) is 5.16 Å². The van der Waals surface area contributed by atoms with Crippen molar-refractivity contribution in [1.29, 1.82) is 0 Å². The van der Waals surface area contributed by atoms with E-state index in [9.17, 15) is 9.59 Å².